The molecule has 5 nitrogen and oxygen atoms in total. The molecule has 0 aliphatic heterocycles. The molecule has 1 heterocycles. The van der Waals surface area contributed by atoms with Gasteiger partial charge in [-0.05, 0) is 38.5 Å². The molecule has 0 aliphatic rings. The van der Waals surface area contributed by atoms with Crippen molar-refractivity contribution in [2.24, 2.45) is 12.8 Å². The van der Waals surface area contributed by atoms with Gasteiger partial charge in [0, 0.05) is 24.0 Å². The molecule has 0 radical (unpaired) electrons. The van der Waals surface area contributed by atoms with Gasteiger partial charge in [0.15, 0.2) is 0 Å². The van der Waals surface area contributed by atoms with Gasteiger partial charge in [0.25, 0.3) is 0 Å². The van der Waals surface area contributed by atoms with Crippen molar-refractivity contribution in [3.63, 3.8) is 0 Å². The predicted molar refractivity (Wildman–Crippen MR) is 79.4 cm³/mol. The summed E-state index contributed by atoms with van der Waals surface area (Å²) in [6, 6.07) is 7.27. The quantitative estimate of drug-likeness (QED) is 0.894. The Hall–Kier alpha value is -2.30. The lowest BCUT2D eigenvalue weighted by molar-refractivity contribution is -0.118. The molecule has 0 bridgehead atoms. The number of nitrogens with two attached hydrogens (primary N) is 1. The van der Waals surface area contributed by atoms with Crippen molar-refractivity contribution < 1.29 is 4.79 Å². The highest BCUT2D eigenvalue weighted by atomic mass is 16.1. The number of aromatic nitrogens is 2. The number of primary amides is 1. The number of hydrogen-bond acceptors (Lipinski definition) is 3. The Balaban J connectivity index is 2.40. The molecule has 1 aromatic heterocycles. The van der Waals surface area contributed by atoms with Crippen LogP contribution >= 0.6 is 0 Å². The Bertz CT molecular complexity index is 645. The van der Waals surface area contributed by atoms with Crippen molar-refractivity contribution in [3.8, 4) is 0 Å². The van der Waals surface area contributed by atoms with Crippen LogP contribution in [-0.2, 0) is 11.8 Å². The molecule has 1 atom stereocenters. The van der Waals surface area contributed by atoms with Crippen LogP contribution in [0.2, 0.25) is 0 Å². The number of carbonyl (C=O) groups excluding carboxylic acids is 1. The van der Waals surface area contributed by atoms with E-state index in [1.807, 2.05) is 52.1 Å². The van der Waals surface area contributed by atoms with Crippen molar-refractivity contribution in [2.75, 3.05) is 5.32 Å². The zero-order chi connectivity index (χ0) is 14.9. The van der Waals surface area contributed by atoms with Crippen LogP contribution in [0.15, 0.2) is 24.3 Å². The second-order valence-electron chi connectivity index (χ2n) is 5.06. The molecule has 0 spiro atoms. The van der Waals surface area contributed by atoms with Gasteiger partial charge in [-0.15, -0.1) is 0 Å². The number of amides is 1. The lowest BCUT2D eigenvalue weighted by Gasteiger charge is -2.18. The Morgan fingerprint density at radius 3 is 2.55 bits per heavy atom. The molecule has 1 aromatic carbocycles. The molecule has 1 unspecified atom stereocenters. The number of benzene rings is 1. The summed E-state index contributed by atoms with van der Waals surface area (Å²) >= 11 is 0. The van der Waals surface area contributed by atoms with Gasteiger partial charge in [-0.1, -0.05) is 12.1 Å². The van der Waals surface area contributed by atoms with E-state index in [4.69, 9.17) is 5.73 Å². The van der Waals surface area contributed by atoms with Crippen LogP contribution in [0.5, 0.6) is 0 Å². The monoisotopic (exact) mass is 272 g/mol. The van der Waals surface area contributed by atoms with Crippen LogP contribution in [0.1, 0.15) is 28.6 Å². The van der Waals surface area contributed by atoms with E-state index < -0.39 is 11.9 Å². The van der Waals surface area contributed by atoms with Crippen LogP contribution in [-0.4, -0.2) is 15.7 Å². The SMILES string of the molecule is Cc1cccc(NC(C(N)=O)c2c(C)nn(C)c2C)c1. The number of nitrogens with zero attached hydrogens (tertiary/aromatic N) is 2. The fourth-order valence-corrected chi connectivity index (χ4v) is 2.39. The van der Waals surface area contributed by atoms with Crippen molar-refractivity contribution in [1.29, 1.82) is 0 Å². The summed E-state index contributed by atoms with van der Waals surface area (Å²) in [6.07, 6.45) is 0. The molecule has 0 fully saturated rings. The highest BCUT2D eigenvalue weighted by Crippen LogP contribution is 2.25. The van der Waals surface area contributed by atoms with Gasteiger partial charge >= 0.3 is 0 Å². The highest BCUT2D eigenvalue weighted by Gasteiger charge is 2.24. The minimum atomic E-state index is -0.578. The Morgan fingerprint density at radius 1 is 1.35 bits per heavy atom. The molecular formula is C15H20N4O. The summed E-state index contributed by atoms with van der Waals surface area (Å²) in [5, 5.41) is 7.54. The Labute approximate surface area is 118 Å². The topological polar surface area (TPSA) is 72.9 Å². The molecule has 0 aliphatic carbocycles. The van der Waals surface area contributed by atoms with Crippen LogP contribution < -0.4 is 11.1 Å². The van der Waals surface area contributed by atoms with Gasteiger partial charge in [-0.25, -0.2) is 0 Å². The van der Waals surface area contributed by atoms with Crippen LogP contribution in [0.4, 0.5) is 5.69 Å². The average Bonchev–Trinajstić information content (AvgIpc) is 2.61. The maximum Gasteiger partial charge on any atom is 0.244 e. The zero-order valence-electron chi connectivity index (χ0n) is 12.3. The van der Waals surface area contributed by atoms with E-state index >= 15 is 0 Å². The first kappa shape index (κ1) is 14.1. The summed E-state index contributed by atoms with van der Waals surface area (Å²) < 4.78 is 1.76. The second-order valence-corrected chi connectivity index (χ2v) is 5.06. The lowest BCUT2D eigenvalue weighted by atomic mass is 10.0. The molecule has 3 N–H and O–H groups in total. The molecule has 20 heavy (non-hydrogen) atoms. The van der Waals surface area contributed by atoms with E-state index in [-0.39, 0.29) is 0 Å². The number of aryl methyl sites for hydroxylation is 3. The van der Waals surface area contributed by atoms with Gasteiger partial charge in [0.2, 0.25) is 5.91 Å². The summed E-state index contributed by atoms with van der Waals surface area (Å²) in [7, 11) is 1.86. The van der Waals surface area contributed by atoms with Crippen LogP contribution in [0, 0.1) is 20.8 Å². The van der Waals surface area contributed by atoms with E-state index in [2.05, 4.69) is 10.4 Å². The molecule has 0 saturated heterocycles. The standard InChI is InChI=1S/C15H20N4O/c1-9-6-5-7-12(8-9)17-14(15(16)20)13-10(2)18-19(4)11(13)3/h5-8,14,17H,1-4H3,(H2,16,20). The second kappa shape index (κ2) is 5.36. The first-order valence-corrected chi connectivity index (χ1v) is 6.52. The first-order chi connectivity index (χ1) is 9.40. The highest BCUT2D eigenvalue weighted by molar-refractivity contribution is 5.85. The summed E-state index contributed by atoms with van der Waals surface area (Å²) in [6.45, 7) is 5.82. The van der Waals surface area contributed by atoms with E-state index in [0.717, 1.165) is 28.2 Å². The van der Waals surface area contributed by atoms with Crippen LogP contribution in [0.3, 0.4) is 0 Å². The van der Waals surface area contributed by atoms with E-state index in [9.17, 15) is 4.79 Å². The summed E-state index contributed by atoms with van der Waals surface area (Å²) in [5.74, 6) is -0.411. The predicted octanol–water partition coefficient (Wildman–Crippen LogP) is 1.98. The van der Waals surface area contributed by atoms with Gasteiger partial charge in [-0.3, -0.25) is 9.48 Å². The molecule has 2 aromatic rings. The minimum Gasteiger partial charge on any atom is -0.370 e. The number of anilines is 1. The molecule has 106 valence electrons. The molecule has 2 rings (SSSR count). The maximum absolute atomic E-state index is 11.8. The summed E-state index contributed by atoms with van der Waals surface area (Å²) in [5.41, 5.74) is 10.2. The van der Waals surface area contributed by atoms with E-state index in [1.165, 1.54) is 0 Å². The smallest absolute Gasteiger partial charge is 0.244 e. The molecule has 5 heteroatoms. The fraction of sp³-hybridized carbons (Fsp3) is 0.333. The minimum absolute atomic E-state index is 0.411. The zero-order valence-corrected chi connectivity index (χ0v) is 12.3. The van der Waals surface area contributed by atoms with Gasteiger partial charge < -0.3 is 11.1 Å². The largest absolute Gasteiger partial charge is 0.370 e. The lowest BCUT2D eigenvalue weighted by Crippen LogP contribution is -2.28. The third kappa shape index (κ3) is 2.66. The average molecular weight is 272 g/mol. The number of hydrogen-bond donors (Lipinski definition) is 2. The first-order valence-electron chi connectivity index (χ1n) is 6.52. The summed E-state index contributed by atoms with van der Waals surface area (Å²) in [4.78, 5) is 11.8. The van der Waals surface area contributed by atoms with Crippen molar-refractivity contribution in [1.82, 2.24) is 9.78 Å². The van der Waals surface area contributed by atoms with Crippen molar-refractivity contribution >= 4 is 11.6 Å². The maximum atomic E-state index is 11.8. The van der Waals surface area contributed by atoms with Crippen molar-refractivity contribution in [3.05, 3.63) is 46.8 Å². The molecule has 0 saturated carbocycles. The third-order valence-corrected chi connectivity index (χ3v) is 3.47. The van der Waals surface area contributed by atoms with Gasteiger partial charge in [0.05, 0.1) is 5.69 Å². The normalized spacial score (nSPS) is 12.2. The number of nitrogens with one attached hydrogen (secondary N) is 1. The number of rotatable bonds is 4. The fourth-order valence-electron chi connectivity index (χ4n) is 2.39. The van der Waals surface area contributed by atoms with Crippen LogP contribution in [0.25, 0.3) is 0 Å². The van der Waals surface area contributed by atoms with E-state index in [0.29, 0.717) is 0 Å². The Kier molecular flexibility index (Phi) is 3.79. The Morgan fingerprint density at radius 2 is 2.05 bits per heavy atom. The van der Waals surface area contributed by atoms with Gasteiger partial charge in [-0.2, -0.15) is 5.10 Å². The number of carbonyl (C=O) groups is 1. The molecule has 1 amide bonds. The van der Waals surface area contributed by atoms with Crippen molar-refractivity contribution in [2.45, 2.75) is 26.8 Å². The van der Waals surface area contributed by atoms with E-state index in [1.54, 1.807) is 4.68 Å². The van der Waals surface area contributed by atoms with Gasteiger partial charge in [0.1, 0.15) is 6.04 Å². The third-order valence-electron chi connectivity index (χ3n) is 3.47. The molecular weight excluding hydrogens is 252 g/mol.